The summed E-state index contributed by atoms with van der Waals surface area (Å²) in [6.07, 6.45) is 5.75. The normalized spacial score (nSPS) is 11.1. The molecule has 1 aromatic carbocycles. The third-order valence-corrected chi connectivity index (χ3v) is 4.60. The Morgan fingerprint density at radius 1 is 1.11 bits per heavy atom. The number of methoxy groups -OCH3 is 1. The highest BCUT2D eigenvalue weighted by atomic mass is 16.5. The third-order valence-electron chi connectivity index (χ3n) is 4.60. The predicted molar refractivity (Wildman–Crippen MR) is 107 cm³/mol. The van der Waals surface area contributed by atoms with Crippen molar-refractivity contribution >= 4 is 17.2 Å². The van der Waals surface area contributed by atoms with Crippen molar-refractivity contribution in [3.05, 3.63) is 42.6 Å². The maximum Gasteiger partial charge on any atom is 0.231 e. The largest absolute Gasteiger partial charge is 0.480 e. The number of carbonyl (C=O) groups is 1. The van der Waals surface area contributed by atoms with Crippen LogP contribution in [0.5, 0.6) is 5.88 Å². The van der Waals surface area contributed by atoms with Gasteiger partial charge >= 0.3 is 0 Å². The topological polar surface area (TPSA) is 68.5 Å². The summed E-state index contributed by atoms with van der Waals surface area (Å²) in [5.41, 5.74) is 3.36. The summed E-state index contributed by atoms with van der Waals surface area (Å²) in [6.45, 7) is 4.23. The number of anilines is 1. The van der Waals surface area contributed by atoms with Crippen molar-refractivity contribution < 1.29 is 9.53 Å². The van der Waals surface area contributed by atoms with Crippen LogP contribution in [0.3, 0.4) is 0 Å². The summed E-state index contributed by atoms with van der Waals surface area (Å²) in [7, 11) is 1.59. The van der Waals surface area contributed by atoms with Crippen molar-refractivity contribution in [2.75, 3.05) is 12.4 Å². The Morgan fingerprint density at radius 3 is 2.44 bits per heavy atom. The van der Waals surface area contributed by atoms with E-state index in [1.165, 1.54) is 0 Å². The molecule has 6 nitrogen and oxygen atoms in total. The van der Waals surface area contributed by atoms with Crippen LogP contribution in [-0.4, -0.2) is 27.6 Å². The van der Waals surface area contributed by atoms with Gasteiger partial charge in [0.25, 0.3) is 0 Å². The first-order chi connectivity index (χ1) is 13.1. The van der Waals surface area contributed by atoms with E-state index >= 15 is 0 Å². The van der Waals surface area contributed by atoms with Crippen LogP contribution in [0.4, 0.5) is 5.69 Å². The monoisotopic (exact) mass is 366 g/mol. The molecule has 0 bridgehead atoms. The van der Waals surface area contributed by atoms with Gasteiger partial charge in [-0.25, -0.2) is 9.50 Å². The van der Waals surface area contributed by atoms with Crippen LogP contribution in [0.25, 0.3) is 16.9 Å². The summed E-state index contributed by atoms with van der Waals surface area (Å²) < 4.78 is 6.84. The Balaban J connectivity index is 1.74. The first-order valence-corrected chi connectivity index (χ1v) is 9.46. The lowest BCUT2D eigenvalue weighted by Gasteiger charge is -2.15. The molecule has 1 amide bonds. The molecule has 0 unspecified atom stereocenters. The van der Waals surface area contributed by atoms with E-state index in [0.29, 0.717) is 5.88 Å². The molecule has 2 aromatic heterocycles. The molecule has 3 rings (SSSR count). The lowest BCUT2D eigenvalue weighted by atomic mass is 9.97. The van der Waals surface area contributed by atoms with Crippen LogP contribution in [0.2, 0.25) is 0 Å². The summed E-state index contributed by atoms with van der Waals surface area (Å²) in [6, 6.07) is 11.4. The average molecular weight is 366 g/mol. The van der Waals surface area contributed by atoms with Crippen molar-refractivity contribution in [2.24, 2.45) is 5.92 Å². The van der Waals surface area contributed by atoms with Gasteiger partial charge in [-0.1, -0.05) is 38.8 Å². The van der Waals surface area contributed by atoms with Crippen LogP contribution in [0, 0.1) is 5.92 Å². The molecule has 6 heteroatoms. The highest BCUT2D eigenvalue weighted by Gasteiger charge is 2.16. The number of benzene rings is 1. The van der Waals surface area contributed by atoms with Gasteiger partial charge in [-0.15, -0.1) is 5.10 Å². The van der Waals surface area contributed by atoms with Crippen LogP contribution < -0.4 is 10.1 Å². The summed E-state index contributed by atoms with van der Waals surface area (Å²) in [5, 5.41) is 7.36. The Kier molecular flexibility index (Phi) is 6.06. The van der Waals surface area contributed by atoms with Gasteiger partial charge in [0, 0.05) is 23.2 Å². The van der Waals surface area contributed by atoms with Crippen LogP contribution in [-0.2, 0) is 4.79 Å². The number of rotatable bonds is 8. The molecule has 2 heterocycles. The number of aromatic nitrogens is 3. The fraction of sp³-hybridized carbons (Fsp3) is 0.381. The smallest absolute Gasteiger partial charge is 0.231 e. The number of amides is 1. The van der Waals surface area contributed by atoms with Gasteiger partial charge in [0.2, 0.25) is 11.8 Å². The Bertz CT molecular complexity index is 896. The number of nitrogens with one attached hydrogen (secondary N) is 1. The van der Waals surface area contributed by atoms with Gasteiger partial charge in [-0.3, -0.25) is 4.79 Å². The number of hydrogen-bond donors (Lipinski definition) is 1. The van der Waals surface area contributed by atoms with E-state index in [4.69, 9.17) is 4.74 Å². The average Bonchev–Trinajstić information content (AvgIpc) is 3.11. The van der Waals surface area contributed by atoms with Crippen LogP contribution >= 0.6 is 0 Å². The molecule has 0 saturated carbocycles. The molecule has 0 saturated heterocycles. The molecule has 27 heavy (non-hydrogen) atoms. The first-order valence-electron chi connectivity index (χ1n) is 9.46. The van der Waals surface area contributed by atoms with E-state index in [9.17, 15) is 4.79 Å². The predicted octanol–water partition coefficient (Wildman–Crippen LogP) is 4.56. The molecule has 3 aromatic rings. The Hall–Kier alpha value is -2.89. The lowest BCUT2D eigenvalue weighted by Crippen LogP contribution is -2.22. The van der Waals surface area contributed by atoms with E-state index < -0.39 is 0 Å². The van der Waals surface area contributed by atoms with E-state index in [1.807, 2.05) is 36.5 Å². The summed E-state index contributed by atoms with van der Waals surface area (Å²) in [4.78, 5) is 17.1. The zero-order valence-corrected chi connectivity index (χ0v) is 16.1. The highest BCUT2D eigenvalue weighted by molar-refractivity contribution is 5.92. The number of fused-ring (bicyclic) bond motifs is 1. The number of imidazole rings is 1. The van der Waals surface area contributed by atoms with Gasteiger partial charge in [0.05, 0.1) is 19.0 Å². The summed E-state index contributed by atoms with van der Waals surface area (Å²) in [5.74, 6) is 0.730. The number of hydrogen-bond acceptors (Lipinski definition) is 4. The molecular weight excluding hydrogens is 340 g/mol. The van der Waals surface area contributed by atoms with E-state index in [2.05, 4.69) is 29.2 Å². The van der Waals surface area contributed by atoms with Gasteiger partial charge in [-0.05, 0) is 31.0 Å². The van der Waals surface area contributed by atoms with Crippen molar-refractivity contribution in [2.45, 2.75) is 39.5 Å². The molecule has 0 aliphatic heterocycles. The number of carbonyl (C=O) groups excluding carboxylic acids is 1. The number of nitrogens with zero attached hydrogens (tertiary/aromatic N) is 3. The maximum atomic E-state index is 12.5. The fourth-order valence-corrected chi connectivity index (χ4v) is 3.18. The first kappa shape index (κ1) is 18.9. The maximum absolute atomic E-state index is 12.5. The minimum atomic E-state index is 0.0826. The zero-order valence-electron chi connectivity index (χ0n) is 16.1. The molecule has 0 fully saturated rings. The van der Waals surface area contributed by atoms with Crippen molar-refractivity contribution in [1.82, 2.24) is 14.6 Å². The second kappa shape index (κ2) is 8.66. The van der Waals surface area contributed by atoms with Gasteiger partial charge in [-0.2, -0.15) is 0 Å². The van der Waals surface area contributed by atoms with Crippen LogP contribution in [0.15, 0.2) is 42.6 Å². The van der Waals surface area contributed by atoms with Crippen molar-refractivity contribution in [3.63, 3.8) is 0 Å². The van der Waals surface area contributed by atoms with Gasteiger partial charge < -0.3 is 10.1 Å². The van der Waals surface area contributed by atoms with Gasteiger partial charge in [0.15, 0.2) is 5.65 Å². The van der Waals surface area contributed by atoms with Crippen LogP contribution in [0.1, 0.15) is 39.5 Å². The Labute approximate surface area is 159 Å². The summed E-state index contributed by atoms with van der Waals surface area (Å²) >= 11 is 0. The van der Waals surface area contributed by atoms with Gasteiger partial charge in [0.1, 0.15) is 0 Å². The highest BCUT2D eigenvalue weighted by Crippen LogP contribution is 2.23. The molecular formula is C21H26N4O2. The van der Waals surface area contributed by atoms with Crippen molar-refractivity contribution in [1.29, 1.82) is 0 Å². The second-order valence-electron chi connectivity index (χ2n) is 6.65. The SMILES string of the molecule is CCCC(CCC)C(=O)Nc1ccc(-c2cn3nc(OC)ccc3n2)cc1. The van der Waals surface area contributed by atoms with Crippen molar-refractivity contribution in [3.8, 4) is 17.1 Å². The molecule has 0 radical (unpaired) electrons. The third kappa shape index (κ3) is 4.45. The molecule has 0 spiro atoms. The van der Waals surface area contributed by atoms with E-state index in [0.717, 1.165) is 48.3 Å². The quantitative estimate of drug-likeness (QED) is 0.634. The molecule has 0 aliphatic carbocycles. The molecule has 0 aliphatic rings. The molecule has 0 atom stereocenters. The lowest BCUT2D eigenvalue weighted by molar-refractivity contribution is -0.120. The number of ether oxygens (including phenoxy) is 1. The molecule has 1 N–H and O–H groups in total. The van der Waals surface area contributed by atoms with E-state index in [-0.39, 0.29) is 11.8 Å². The van der Waals surface area contributed by atoms with E-state index in [1.54, 1.807) is 17.7 Å². The minimum Gasteiger partial charge on any atom is -0.480 e. The fourth-order valence-electron chi connectivity index (χ4n) is 3.18. The standard InChI is InChI=1S/C21H26N4O2/c1-4-6-16(7-5-2)21(26)22-17-10-8-15(9-11-17)18-14-25-19(23-18)12-13-20(24-25)27-3/h8-14,16H,4-7H2,1-3H3,(H,22,26). The second-order valence-corrected chi connectivity index (χ2v) is 6.65. The molecule has 142 valence electrons. The Morgan fingerprint density at radius 2 is 1.81 bits per heavy atom. The minimum absolute atomic E-state index is 0.0826. The zero-order chi connectivity index (χ0) is 19.2.